The molecule has 2 aromatic carbocycles. The second-order valence-corrected chi connectivity index (χ2v) is 10.1. The quantitative estimate of drug-likeness (QED) is 0.637. The van der Waals surface area contributed by atoms with Crippen molar-refractivity contribution in [1.29, 1.82) is 0 Å². The summed E-state index contributed by atoms with van der Waals surface area (Å²) in [4.78, 5) is 13.1. The van der Waals surface area contributed by atoms with Gasteiger partial charge in [-0.15, -0.1) is 0 Å². The van der Waals surface area contributed by atoms with Crippen LogP contribution in [0, 0.1) is 5.92 Å². The van der Waals surface area contributed by atoms with E-state index in [0.29, 0.717) is 37.4 Å². The molecule has 0 unspecified atom stereocenters. The lowest BCUT2D eigenvalue weighted by Gasteiger charge is -2.30. The SMILES string of the molecule is CC(C)n1nc(CNC(=O)C2CCN(S(=O)(=O)c3ccccc3)CC2)c2ccccc21. The van der Waals surface area contributed by atoms with Gasteiger partial charge in [-0.3, -0.25) is 9.48 Å². The molecular formula is C23H28N4O3S. The topological polar surface area (TPSA) is 84.3 Å². The number of nitrogens with zero attached hydrogens (tertiary/aromatic N) is 3. The molecule has 0 radical (unpaired) electrons. The van der Waals surface area contributed by atoms with Crippen LogP contribution in [0.2, 0.25) is 0 Å². The Hall–Kier alpha value is -2.71. The molecular weight excluding hydrogens is 412 g/mol. The van der Waals surface area contributed by atoms with E-state index in [-0.39, 0.29) is 17.9 Å². The summed E-state index contributed by atoms with van der Waals surface area (Å²) >= 11 is 0. The highest BCUT2D eigenvalue weighted by Gasteiger charge is 2.32. The maximum absolute atomic E-state index is 12.8. The molecule has 0 saturated carbocycles. The number of aromatic nitrogens is 2. The van der Waals surface area contributed by atoms with Crippen LogP contribution in [0.1, 0.15) is 38.4 Å². The number of piperidine rings is 1. The van der Waals surface area contributed by atoms with Crippen LogP contribution in [-0.2, 0) is 21.4 Å². The summed E-state index contributed by atoms with van der Waals surface area (Å²) in [6.07, 6.45) is 1.03. The Morgan fingerprint density at radius 2 is 1.71 bits per heavy atom. The Morgan fingerprint density at radius 3 is 2.39 bits per heavy atom. The van der Waals surface area contributed by atoms with E-state index in [2.05, 4.69) is 19.2 Å². The Bertz CT molecular complexity index is 1160. The van der Waals surface area contributed by atoms with Gasteiger partial charge >= 0.3 is 0 Å². The highest BCUT2D eigenvalue weighted by Crippen LogP contribution is 2.25. The molecule has 2 heterocycles. The van der Waals surface area contributed by atoms with Gasteiger partial charge in [-0.05, 0) is 44.9 Å². The van der Waals surface area contributed by atoms with E-state index in [1.54, 1.807) is 30.3 Å². The van der Waals surface area contributed by atoms with Gasteiger partial charge < -0.3 is 5.32 Å². The molecule has 0 atom stereocenters. The van der Waals surface area contributed by atoms with Gasteiger partial charge in [0.1, 0.15) is 0 Å². The normalized spacial score (nSPS) is 16.1. The van der Waals surface area contributed by atoms with Crippen molar-refractivity contribution in [1.82, 2.24) is 19.4 Å². The Labute approximate surface area is 183 Å². The van der Waals surface area contributed by atoms with E-state index < -0.39 is 10.0 Å². The van der Waals surface area contributed by atoms with Crippen molar-refractivity contribution >= 4 is 26.8 Å². The lowest BCUT2D eigenvalue weighted by molar-refractivity contribution is -0.126. The fraction of sp³-hybridized carbons (Fsp3) is 0.391. The second kappa shape index (κ2) is 8.80. The van der Waals surface area contributed by atoms with Crippen molar-refractivity contribution in [2.45, 2.75) is 44.2 Å². The molecule has 1 fully saturated rings. The average Bonchev–Trinajstić information content (AvgIpc) is 3.17. The number of carbonyl (C=O) groups excluding carboxylic acids is 1. The molecule has 0 bridgehead atoms. The highest BCUT2D eigenvalue weighted by atomic mass is 32.2. The standard InChI is InChI=1S/C23H28N4O3S/c1-17(2)27-22-11-7-6-10-20(22)21(25-27)16-24-23(28)18-12-14-26(15-13-18)31(29,30)19-8-4-3-5-9-19/h3-11,17-18H,12-16H2,1-2H3,(H,24,28). The van der Waals surface area contributed by atoms with Crippen LogP contribution in [0.3, 0.4) is 0 Å². The summed E-state index contributed by atoms with van der Waals surface area (Å²) in [6.45, 7) is 5.22. The highest BCUT2D eigenvalue weighted by molar-refractivity contribution is 7.89. The molecule has 1 amide bonds. The van der Waals surface area contributed by atoms with E-state index in [1.165, 1.54) is 4.31 Å². The van der Waals surface area contributed by atoms with Crippen LogP contribution in [0.5, 0.6) is 0 Å². The van der Waals surface area contributed by atoms with E-state index in [9.17, 15) is 13.2 Å². The zero-order chi connectivity index (χ0) is 22.0. The first-order valence-corrected chi connectivity index (χ1v) is 12.1. The maximum Gasteiger partial charge on any atom is 0.243 e. The molecule has 1 saturated heterocycles. The molecule has 1 aliphatic rings. The molecule has 3 aromatic rings. The van der Waals surface area contributed by atoms with E-state index >= 15 is 0 Å². The minimum atomic E-state index is -3.51. The summed E-state index contributed by atoms with van der Waals surface area (Å²) in [5.74, 6) is -0.236. The average molecular weight is 441 g/mol. The van der Waals surface area contributed by atoms with Gasteiger partial charge in [-0.25, -0.2) is 8.42 Å². The summed E-state index contributed by atoms with van der Waals surface area (Å²) in [5.41, 5.74) is 1.91. The first kappa shape index (κ1) is 21.5. The number of amides is 1. The number of hydrogen-bond donors (Lipinski definition) is 1. The van der Waals surface area contributed by atoms with Crippen molar-refractivity contribution in [2.75, 3.05) is 13.1 Å². The minimum Gasteiger partial charge on any atom is -0.350 e. The maximum atomic E-state index is 12.8. The van der Waals surface area contributed by atoms with Crippen molar-refractivity contribution < 1.29 is 13.2 Å². The predicted molar refractivity (Wildman–Crippen MR) is 120 cm³/mol. The third-order valence-electron chi connectivity index (χ3n) is 5.82. The molecule has 7 nitrogen and oxygen atoms in total. The Balaban J connectivity index is 1.38. The number of fused-ring (bicyclic) bond motifs is 1. The van der Waals surface area contributed by atoms with Crippen LogP contribution >= 0.6 is 0 Å². The molecule has 8 heteroatoms. The molecule has 1 N–H and O–H groups in total. The number of benzene rings is 2. The van der Waals surface area contributed by atoms with Crippen LogP contribution in [0.15, 0.2) is 59.5 Å². The zero-order valence-corrected chi connectivity index (χ0v) is 18.7. The van der Waals surface area contributed by atoms with Gasteiger partial charge in [-0.2, -0.15) is 9.40 Å². The van der Waals surface area contributed by atoms with Gasteiger partial charge in [-0.1, -0.05) is 36.4 Å². The van der Waals surface area contributed by atoms with Gasteiger partial charge in [0.2, 0.25) is 15.9 Å². The van der Waals surface area contributed by atoms with E-state index in [1.807, 2.05) is 28.9 Å². The number of rotatable bonds is 6. The monoisotopic (exact) mass is 440 g/mol. The van der Waals surface area contributed by atoms with Crippen LogP contribution < -0.4 is 5.32 Å². The lowest BCUT2D eigenvalue weighted by atomic mass is 9.97. The van der Waals surface area contributed by atoms with Crippen molar-refractivity contribution in [2.24, 2.45) is 5.92 Å². The fourth-order valence-corrected chi connectivity index (χ4v) is 5.59. The number of para-hydroxylation sites is 1. The van der Waals surface area contributed by atoms with Gasteiger partial charge in [0, 0.05) is 30.4 Å². The number of carbonyl (C=O) groups is 1. The third-order valence-corrected chi connectivity index (χ3v) is 7.73. The second-order valence-electron chi connectivity index (χ2n) is 8.21. The van der Waals surface area contributed by atoms with Crippen LogP contribution in [0.4, 0.5) is 0 Å². The number of hydrogen-bond acceptors (Lipinski definition) is 4. The molecule has 164 valence electrons. The lowest BCUT2D eigenvalue weighted by Crippen LogP contribution is -2.42. The zero-order valence-electron chi connectivity index (χ0n) is 17.9. The smallest absolute Gasteiger partial charge is 0.243 e. The summed E-state index contributed by atoms with van der Waals surface area (Å²) in [7, 11) is -3.51. The minimum absolute atomic E-state index is 0.0417. The summed E-state index contributed by atoms with van der Waals surface area (Å²) in [5, 5.41) is 8.76. The van der Waals surface area contributed by atoms with Gasteiger partial charge in [0.15, 0.2) is 0 Å². The first-order chi connectivity index (χ1) is 14.9. The molecule has 1 aliphatic heterocycles. The largest absolute Gasteiger partial charge is 0.350 e. The Morgan fingerprint density at radius 1 is 1.06 bits per heavy atom. The molecule has 31 heavy (non-hydrogen) atoms. The Kier molecular flexibility index (Phi) is 6.11. The third kappa shape index (κ3) is 4.36. The van der Waals surface area contributed by atoms with Crippen molar-refractivity contribution in [3.05, 3.63) is 60.3 Å². The van der Waals surface area contributed by atoms with Crippen LogP contribution in [0.25, 0.3) is 10.9 Å². The summed E-state index contributed by atoms with van der Waals surface area (Å²) in [6, 6.07) is 16.7. The molecule has 4 rings (SSSR count). The molecule has 1 aromatic heterocycles. The number of sulfonamides is 1. The predicted octanol–water partition coefficient (Wildman–Crippen LogP) is 3.33. The molecule has 0 spiro atoms. The van der Waals surface area contributed by atoms with E-state index in [4.69, 9.17) is 5.10 Å². The van der Waals surface area contributed by atoms with Crippen molar-refractivity contribution in [3.8, 4) is 0 Å². The van der Waals surface area contributed by atoms with Crippen LogP contribution in [-0.4, -0.2) is 41.5 Å². The van der Waals surface area contributed by atoms with Gasteiger partial charge in [0.05, 0.1) is 22.7 Å². The summed E-state index contributed by atoms with van der Waals surface area (Å²) < 4.78 is 29.0. The fourth-order valence-electron chi connectivity index (χ4n) is 4.09. The number of nitrogens with one attached hydrogen (secondary N) is 1. The van der Waals surface area contributed by atoms with Gasteiger partial charge in [0.25, 0.3) is 0 Å². The molecule has 0 aliphatic carbocycles. The first-order valence-electron chi connectivity index (χ1n) is 10.7. The van der Waals surface area contributed by atoms with Crippen molar-refractivity contribution in [3.63, 3.8) is 0 Å². The van der Waals surface area contributed by atoms with E-state index in [0.717, 1.165) is 16.6 Å².